The number of carbonyl (C=O) groups is 1. The third-order valence-electron chi connectivity index (χ3n) is 9.18. The maximum Gasteiger partial charge on any atom is 0.249 e. The highest BCUT2D eigenvalue weighted by Crippen LogP contribution is 2.54. The number of hydrogen-bond acceptors (Lipinski definition) is 7. The summed E-state index contributed by atoms with van der Waals surface area (Å²) in [6.45, 7) is 3.01. The Morgan fingerprint density at radius 2 is 1.94 bits per heavy atom. The van der Waals surface area contributed by atoms with E-state index in [1.165, 1.54) is 5.56 Å². The van der Waals surface area contributed by atoms with Crippen LogP contribution in [0.25, 0.3) is 0 Å². The van der Waals surface area contributed by atoms with Gasteiger partial charge in [0.15, 0.2) is 5.60 Å². The van der Waals surface area contributed by atoms with Crippen molar-refractivity contribution in [3.05, 3.63) is 28.8 Å². The lowest BCUT2D eigenvalue weighted by molar-refractivity contribution is -0.319. The zero-order valence-corrected chi connectivity index (χ0v) is 20.9. The fourth-order valence-corrected chi connectivity index (χ4v) is 6.50. The Labute approximate surface area is 210 Å². The number of benzene rings is 1. The third-order valence-corrected chi connectivity index (χ3v) is 9.18. The van der Waals surface area contributed by atoms with Crippen molar-refractivity contribution < 1.29 is 28.3 Å². The number of alkyl halides is 2. The van der Waals surface area contributed by atoms with Gasteiger partial charge in [0.1, 0.15) is 5.75 Å². The molecule has 3 heterocycles. The predicted octanol–water partition coefficient (Wildman–Crippen LogP) is 2.62. The van der Waals surface area contributed by atoms with E-state index < -0.39 is 22.9 Å². The number of carboxylic acid groups (broad SMARTS) is 1. The van der Waals surface area contributed by atoms with Gasteiger partial charge in [-0.05, 0) is 73.2 Å². The zero-order valence-electron chi connectivity index (χ0n) is 20.9. The van der Waals surface area contributed by atoms with Crippen LogP contribution in [0.3, 0.4) is 0 Å². The Kier molecular flexibility index (Phi) is 5.61. The van der Waals surface area contributed by atoms with Crippen LogP contribution >= 0.6 is 0 Å². The van der Waals surface area contributed by atoms with Gasteiger partial charge >= 0.3 is 0 Å². The van der Waals surface area contributed by atoms with Gasteiger partial charge in [-0.3, -0.25) is 0 Å². The second kappa shape index (κ2) is 8.38. The van der Waals surface area contributed by atoms with E-state index in [0.717, 1.165) is 35.4 Å². The maximum atomic E-state index is 13.6. The molecule has 4 atom stereocenters. The molecule has 0 amide bonds. The second-order valence-electron chi connectivity index (χ2n) is 11.9. The quantitative estimate of drug-likeness (QED) is 0.595. The molecule has 2 aliphatic carbocycles. The molecule has 0 bridgehead atoms. The molecule has 1 aromatic rings. The number of halogens is 2. The van der Waals surface area contributed by atoms with Gasteiger partial charge in [0.05, 0.1) is 18.9 Å². The predicted molar refractivity (Wildman–Crippen MR) is 127 cm³/mol. The molecule has 36 heavy (non-hydrogen) atoms. The van der Waals surface area contributed by atoms with Crippen LogP contribution in [0.2, 0.25) is 0 Å². The van der Waals surface area contributed by atoms with E-state index >= 15 is 0 Å². The number of piperidine rings is 1. The summed E-state index contributed by atoms with van der Waals surface area (Å²) >= 11 is 0. The van der Waals surface area contributed by atoms with Gasteiger partial charge in [-0.15, -0.1) is 0 Å². The second-order valence-corrected chi connectivity index (χ2v) is 11.9. The normalized spacial score (nSPS) is 35.5. The largest absolute Gasteiger partial charge is 0.550 e. The average Bonchev–Trinajstić information content (AvgIpc) is 3.56. The summed E-state index contributed by atoms with van der Waals surface area (Å²) in [5.41, 5.74) is 2.82. The summed E-state index contributed by atoms with van der Waals surface area (Å²) in [7, 11) is 1.63. The monoisotopic (exact) mass is 502 g/mol. The minimum absolute atomic E-state index is 0.0229. The van der Waals surface area contributed by atoms with Crippen LogP contribution in [0.15, 0.2) is 17.3 Å². The van der Waals surface area contributed by atoms with Crippen LogP contribution in [-0.4, -0.2) is 55.5 Å². The van der Waals surface area contributed by atoms with E-state index in [1.807, 2.05) is 6.07 Å². The number of aliphatic carboxylic acids is 1. The average molecular weight is 503 g/mol. The Morgan fingerprint density at radius 3 is 2.56 bits per heavy atom. The number of nitrogens with zero attached hydrogens (tertiary/aromatic N) is 1. The van der Waals surface area contributed by atoms with Crippen LogP contribution < -0.4 is 20.5 Å². The van der Waals surface area contributed by atoms with Crippen molar-refractivity contribution in [2.45, 2.75) is 93.7 Å². The Bertz CT molecular complexity index is 1100. The minimum Gasteiger partial charge on any atom is -0.550 e. The van der Waals surface area contributed by atoms with Crippen molar-refractivity contribution in [2.75, 3.05) is 20.2 Å². The highest BCUT2D eigenvalue weighted by molar-refractivity contribution is 5.92. The summed E-state index contributed by atoms with van der Waals surface area (Å²) in [5.74, 6) is -2.47. The first kappa shape index (κ1) is 24.1. The summed E-state index contributed by atoms with van der Waals surface area (Å²) in [6, 6.07) is 4.06. The smallest absolute Gasteiger partial charge is 0.249 e. The molecule has 2 saturated carbocycles. The topological polar surface area (TPSA) is 95.0 Å². The van der Waals surface area contributed by atoms with E-state index in [2.05, 4.69) is 21.9 Å². The highest BCUT2D eigenvalue weighted by Gasteiger charge is 2.55. The molecule has 5 aliphatic rings. The molecular weight excluding hydrogens is 468 g/mol. The molecule has 0 aromatic heterocycles. The van der Waals surface area contributed by atoms with Crippen molar-refractivity contribution >= 4 is 11.7 Å². The lowest BCUT2D eigenvalue weighted by Gasteiger charge is -2.46. The molecule has 1 aromatic carbocycles. The Morgan fingerprint density at radius 1 is 1.19 bits per heavy atom. The molecule has 2 saturated heterocycles. The van der Waals surface area contributed by atoms with Crippen molar-refractivity contribution in [3.8, 4) is 5.75 Å². The molecule has 7 nitrogen and oxygen atoms in total. The standard InChI is InChI=1S/C27H35F2N3O4/c1-25(24(33)34)5-6-30-20(12-25)21-13-26(36-32-21)14-31-23(26)8-16-7-18(15-3-4-15)19(9-22(16)35-2)17-10-27(28,29)11-17/h7,9,15,17,20,23,30-31H,3-6,8,10-14H2,1-2H3,(H,33,34)/p-1. The first-order valence-electron chi connectivity index (χ1n) is 13.1. The highest BCUT2D eigenvalue weighted by atomic mass is 19.3. The summed E-state index contributed by atoms with van der Waals surface area (Å²) in [4.78, 5) is 17.7. The van der Waals surface area contributed by atoms with Crippen LogP contribution in [0.5, 0.6) is 5.75 Å². The first-order chi connectivity index (χ1) is 17.1. The van der Waals surface area contributed by atoms with Gasteiger partial charge in [0.25, 0.3) is 0 Å². The SMILES string of the molecule is COc1cc(C2CC(F)(F)C2)c(C2CC2)cc1CC1NCC12CC(C1CC(C)(C(=O)[O-])CCN1)=NO2. The van der Waals surface area contributed by atoms with Crippen molar-refractivity contribution in [1.82, 2.24) is 10.6 Å². The first-order valence-corrected chi connectivity index (χ1v) is 13.1. The maximum absolute atomic E-state index is 13.6. The molecule has 4 unspecified atom stereocenters. The van der Waals surface area contributed by atoms with Gasteiger partial charge in [0.2, 0.25) is 5.92 Å². The van der Waals surface area contributed by atoms with Gasteiger partial charge in [-0.25, -0.2) is 8.78 Å². The van der Waals surface area contributed by atoms with E-state index in [4.69, 9.17) is 9.57 Å². The number of methoxy groups -OCH3 is 1. The van der Waals surface area contributed by atoms with Crippen molar-refractivity contribution in [2.24, 2.45) is 10.6 Å². The molecule has 2 N–H and O–H groups in total. The molecule has 196 valence electrons. The molecule has 0 radical (unpaired) electrons. The molecule has 9 heteroatoms. The number of hydrogen-bond donors (Lipinski definition) is 2. The molecule has 3 aliphatic heterocycles. The third kappa shape index (κ3) is 4.08. The molecule has 6 rings (SSSR count). The van der Waals surface area contributed by atoms with Gasteiger partial charge in [0, 0.05) is 43.2 Å². The lowest BCUT2D eigenvalue weighted by atomic mass is 9.72. The minimum atomic E-state index is -2.55. The summed E-state index contributed by atoms with van der Waals surface area (Å²) in [6.07, 6.45) is 4.34. The Hall–Kier alpha value is -2.26. The number of oxime groups is 1. The molecule has 1 spiro atoms. The van der Waals surface area contributed by atoms with Gasteiger partial charge in [-0.1, -0.05) is 18.1 Å². The number of ether oxygens (including phenoxy) is 1. The summed E-state index contributed by atoms with van der Waals surface area (Å²) < 4.78 is 33.0. The van der Waals surface area contributed by atoms with Crippen LogP contribution in [0, 0.1) is 5.41 Å². The van der Waals surface area contributed by atoms with Gasteiger partial charge in [-0.2, -0.15) is 0 Å². The van der Waals surface area contributed by atoms with Crippen LogP contribution in [0.4, 0.5) is 8.78 Å². The van der Waals surface area contributed by atoms with Crippen molar-refractivity contribution in [3.63, 3.8) is 0 Å². The number of rotatable bonds is 7. The zero-order chi connectivity index (χ0) is 25.3. The number of carbonyl (C=O) groups excluding carboxylic acids is 1. The van der Waals surface area contributed by atoms with Crippen LogP contribution in [-0.2, 0) is 16.1 Å². The van der Waals surface area contributed by atoms with E-state index in [9.17, 15) is 18.7 Å². The molecule has 4 fully saturated rings. The Balaban J connectivity index is 1.18. The number of nitrogens with one attached hydrogen (secondary N) is 2. The van der Waals surface area contributed by atoms with Gasteiger partial charge < -0.3 is 30.1 Å². The fraction of sp³-hybridized carbons (Fsp3) is 0.704. The summed E-state index contributed by atoms with van der Waals surface area (Å²) in [5, 5.41) is 23.0. The lowest BCUT2D eigenvalue weighted by Crippen LogP contribution is -2.69. The van der Waals surface area contributed by atoms with Crippen molar-refractivity contribution in [1.29, 1.82) is 0 Å². The molecular formula is C27H34F2N3O4-. The van der Waals surface area contributed by atoms with E-state index in [0.29, 0.717) is 44.7 Å². The number of carboxylic acids is 1. The van der Waals surface area contributed by atoms with E-state index in [1.54, 1.807) is 14.0 Å². The van der Waals surface area contributed by atoms with Crippen LogP contribution in [0.1, 0.15) is 80.4 Å². The van der Waals surface area contributed by atoms with E-state index in [-0.39, 0.29) is 30.8 Å². The fourth-order valence-electron chi connectivity index (χ4n) is 6.50.